The number of nitrogens with zero attached hydrogens (tertiary/aromatic N) is 3. The molecular weight excluding hydrogens is 434 g/mol. The number of aromatic nitrogens is 3. The second-order valence-corrected chi connectivity index (χ2v) is 9.30. The topological polar surface area (TPSA) is 120 Å². The minimum absolute atomic E-state index is 0.0126. The first-order chi connectivity index (χ1) is 14.8. The van der Waals surface area contributed by atoms with E-state index in [9.17, 15) is 13.2 Å². The summed E-state index contributed by atoms with van der Waals surface area (Å²) in [5, 5.41) is 14.4. The van der Waals surface area contributed by atoms with E-state index in [2.05, 4.69) is 15.4 Å². The quantitative estimate of drug-likeness (QED) is 0.465. The van der Waals surface area contributed by atoms with Crippen LogP contribution in [0.25, 0.3) is 16.4 Å². The summed E-state index contributed by atoms with van der Waals surface area (Å²) in [6, 6.07) is 18.9. The van der Waals surface area contributed by atoms with E-state index in [1.807, 2.05) is 47.8 Å². The lowest BCUT2D eigenvalue weighted by molar-refractivity contribution is 0.0929. The monoisotopic (exact) mass is 453 g/mol. The van der Waals surface area contributed by atoms with Gasteiger partial charge in [0.1, 0.15) is 0 Å². The average Bonchev–Trinajstić information content (AvgIpc) is 3.43. The second-order valence-electron chi connectivity index (χ2n) is 6.79. The fourth-order valence-corrected chi connectivity index (χ4v) is 4.23. The van der Waals surface area contributed by atoms with Crippen LogP contribution >= 0.6 is 11.3 Å². The van der Waals surface area contributed by atoms with Gasteiger partial charge in [0.05, 0.1) is 21.5 Å². The minimum atomic E-state index is -3.77. The van der Waals surface area contributed by atoms with Gasteiger partial charge in [-0.3, -0.25) is 4.79 Å². The zero-order valence-corrected chi connectivity index (χ0v) is 18.1. The molecule has 0 fully saturated rings. The van der Waals surface area contributed by atoms with Crippen molar-refractivity contribution < 1.29 is 13.2 Å². The molecule has 1 amide bonds. The van der Waals surface area contributed by atoms with E-state index in [4.69, 9.17) is 5.14 Å². The number of nitrogens with one attached hydrogen (secondary N) is 1. The summed E-state index contributed by atoms with van der Waals surface area (Å²) in [6.07, 6.45) is 0. The molecule has 4 aromatic rings. The van der Waals surface area contributed by atoms with Gasteiger partial charge in [-0.25, -0.2) is 23.2 Å². The third kappa shape index (κ3) is 4.55. The first-order valence-electron chi connectivity index (χ1n) is 9.33. The highest BCUT2D eigenvalue weighted by Crippen LogP contribution is 2.25. The smallest absolute Gasteiger partial charge is 0.291 e. The number of thiophene rings is 1. The van der Waals surface area contributed by atoms with E-state index in [-0.39, 0.29) is 10.7 Å². The Kier molecular flexibility index (Phi) is 5.68. The highest BCUT2D eigenvalue weighted by atomic mass is 32.2. The third-order valence-electron chi connectivity index (χ3n) is 4.61. The Bertz CT molecular complexity index is 1300. The van der Waals surface area contributed by atoms with Gasteiger partial charge in [0.25, 0.3) is 5.91 Å². The van der Waals surface area contributed by atoms with Gasteiger partial charge in [0.2, 0.25) is 15.8 Å². The standard InChI is InChI=1S/C21H19N5O3S2/c1-14(15-9-11-17(12-10-15)31(22,28)29)23-21(27)19-24-20(18-8-5-13-30-18)26(25-19)16-6-3-2-4-7-16/h2-14H,1H3,(H,23,27)(H2,22,28,29). The van der Waals surface area contributed by atoms with Crippen LogP contribution in [0.5, 0.6) is 0 Å². The second kappa shape index (κ2) is 8.42. The van der Waals surface area contributed by atoms with Crippen molar-refractivity contribution in [1.29, 1.82) is 0 Å². The Balaban J connectivity index is 1.60. The van der Waals surface area contributed by atoms with E-state index in [1.165, 1.54) is 23.5 Å². The molecule has 0 bridgehead atoms. The molecule has 0 aliphatic carbocycles. The van der Waals surface area contributed by atoms with E-state index in [1.54, 1.807) is 23.7 Å². The van der Waals surface area contributed by atoms with Gasteiger partial charge >= 0.3 is 0 Å². The van der Waals surface area contributed by atoms with Crippen LogP contribution in [0.15, 0.2) is 77.0 Å². The first kappa shape index (κ1) is 20.9. The lowest BCUT2D eigenvalue weighted by Crippen LogP contribution is -2.27. The number of amides is 1. The molecule has 1 unspecified atom stereocenters. The molecule has 0 saturated carbocycles. The van der Waals surface area contributed by atoms with Crippen LogP contribution in [0, 0.1) is 0 Å². The van der Waals surface area contributed by atoms with Crippen molar-refractivity contribution in [2.45, 2.75) is 17.9 Å². The van der Waals surface area contributed by atoms with Gasteiger partial charge in [0.15, 0.2) is 5.82 Å². The van der Waals surface area contributed by atoms with E-state index >= 15 is 0 Å². The van der Waals surface area contributed by atoms with Crippen molar-refractivity contribution in [3.05, 3.63) is 83.5 Å². The Morgan fingerprint density at radius 1 is 1.06 bits per heavy atom. The zero-order chi connectivity index (χ0) is 22.0. The number of primary sulfonamides is 1. The summed E-state index contributed by atoms with van der Waals surface area (Å²) in [5.74, 6) is 0.187. The van der Waals surface area contributed by atoms with Gasteiger partial charge in [0, 0.05) is 0 Å². The molecule has 158 valence electrons. The molecule has 2 aromatic heterocycles. The highest BCUT2D eigenvalue weighted by Gasteiger charge is 2.21. The maximum absolute atomic E-state index is 12.9. The summed E-state index contributed by atoms with van der Waals surface area (Å²) in [6.45, 7) is 1.79. The van der Waals surface area contributed by atoms with Gasteiger partial charge in [-0.05, 0) is 48.2 Å². The number of benzene rings is 2. The number of rotatable bonds is 6. The van der Waals surface area contributed by atoms with Crippen LogP contribution in [-0.4, -0.2) is 29.1 Å². The fourth-order valence-electron chi connectivity index (χ4n) is 3.01. The molecule has 2 heterocycles. The van der Waals surface area contributed by atoms with Gasteiger partial charge in [-0.1, -0.05) is 36.4 Å². The first-order valence-corrected chi connectivity index (χ1v) is 11.8. The lowest BCUT2D eigenvalue weighted by atomic mass is 10.1. The Morgan fingerprint density at radius 2 is 1.77 bits per heavy atom. The van der Waals surface area contributed by atoms with Crippen LogP contribution in [-0.2, 0) is 10.0 Å². The molecular formula is C21H19N5O3S2. The van der Waals surface area contributed by atoms with Crippen molar-refractivity contribution in [2.75, 3.05) is 0 Å². The van der Waals surface area contributed by atoms with Crippen molar-refractivity contribution in [3.63, 3.8) is 0 Å². The number of carbonyl (C=O) groups is 1. The van der Waals surface area contributed by atoms with Crippen LogP contribution in [0.3, 0.4) is 0 Å². The van der Waals surface area contributed by atoms with Crippen molar-refractivity contribution >= 4 is 27.3 Å². The van der Waals surface area contributed by atoms with Gasteiger partial charge in [-0.15, -0.1) is 16.4 Å². The molecule has 31 heavy (non-hydrogen) atoms. The molecule has 8 nitrogen and oxygen atoms in total. The van der Waals surface area contributed by atoms with E-state index in [0.717, 1.165) is 16.1 Å². The molecule has 2 aromatic carbocycles. The number of sulfonamides is 1. The SMILES string of the molecule is CC(NC(=O)c1nc(-c2cccs2)n(-c2ccccc2)n1)c1ccc(S(N)(=O)=O)cc1. The van der Waals surface area contributed by atoms with Crippen molar-refractivity contribution in [1.82, 2.24) is 20.1 Å². The summed E-state index contributed by atoms with van der Waals surface area (Å²) in [5.41, 5.74) is 1.52. The zero-order valence-electron chi connectivity index (χ0n) is 16.5. The predicted molar refractivity (Wildman–Crippen MR) is 118 cm³/mol. The van der Waals surface area contributed by atoms with E-state index < -0.39 is 22.0 Å². The maximum atomic E-state index is 12.9. The molecule has 10 heteroatoms. The Hall–Kier alpha value is -3.34. The number of carbonyl (C=O) groups excluding carboxylic acids is 1. The fraction of sp³-hybridized carbons (Fsp3) is 0.0952. The predicted octanol–water partition coefficient (Wildman–Crippen LogP) is 3.13. The molecule has 0 aliphatic heterocycles. The van der Waals surface area contributed by atoms with Crippen LogP contribution in [0.1, 0.15) is 29.1 Å². The number of hydrogen-bond donors (Lipinski definition) is 2. The summed E-state index contributed by atoms with van der Waals surface area (Å²) in [4.78, 5) is 18.2. The highest BCUT2D eigenvalue weighted by molar-refractivity contribution is 7.89. The van der Waals surface area contributed by atoms with Gasteiger partial charge < -0.3 is 5.32 Å². The lowest BCUT2D eigenvalue weighted by Gasteiger charge is -2.13. The summed E-state index contributed by atoms with van der Waals surface area (Å²) < 4.78 is 24.5. The normalized spacial score (nSPS) is 12.5. The molecule has 0 spiro atoms. The molecule has 0 saturated heterocycles. The van der Waals surface area contributed by atoms with E-state index in [0.29, 0.717) is 5.82 Å². The third-order valence-corrected chi connectivity index (χ3v) is 6.40. The molecule has 0 aliphatic rings. The molecule has 0 radical (unpaired) electrons. The Labute approximate surface area is 183 Å². The Morgan fingerprint density at radius 3 is 2.39 bits per heavy atom. The van der Waals surface area contributed by atoms with Crippen LogP contribution < -0.4 is 10.5 Å². The number of nitrogens with two attached hydrogens (primary N) is 1. The molecule has 3 N–H and O–H groups in total. The summed E-state index contributed by atoms with van der Waals surface area (Å²) in [7, 11) is -3.77. The van der Waals surface area contributed by atoms with Crippen LogP contribution in [0.2, 0.25) is 0 Å². The largest absolute Gasteiger partial charge is 0.343 e. The summed E-state index contributed by atoms with van der Waals surface area (Å²) >= 11 is 1.51. The van der Waals surface area contributed by atoms with Crippen LogP contribution in [0.4, 0.5) is 0 Å². The maximum Gasteiger partial charge on any atom is 0.291 e. The number of hydrogen-bond acceptors (Lipinski definition) is 6. The van der Waals surface area contributed by atoms with Crippen molar-refractivity contribution in [2.24, 2.45) is 5.14 Å². The molecule has 1 atom stereocenters. The molecule has 4 rings (SSSR count). The van der Waals surface area contributed by atoms with Crippen molar-refractivity contribution in [3.8, 4) is 16.4 Å². The van der Waals surface area contributed by atoms with Gasteiger partial charge in [-0.2, -0.15) is 0 Å². The average molecular weight is 454 g/mol. The number of para-hydroxylation sites is 1. The minimum Gasteiger partial charge on any atom is -0.343 e.